The molecular formula is C21H34N4O2. The zero-order valence-corrected chi connectivity index (χ0v) is 17.4. The molecule has 0 N–H and O–H groups in total. The van der Waals surface area contributed by atoms with Crippen molar-refractivity contribution in [1.82, 2.24) is 19.6 Å². The summed E-state index contributed by atoms with van der Waals surface area (Å²) in [4.78, 5) is 32.5. The Hall–Kier alpha value is -2.08. The second kappa shape index (κ2) is 9.74. The average Bonchev–Trinajstić information content (AvgIpc) is 2.66. The molecule has 1 aromatic carbocycles. The minimum absolute atomic E-state index is 0.0178. The Morgan fingerprint density at radius 3 is 1.93 bits per heavy atom. The van der Waals surface area contributed by atoms with Gasteiger partial charge in [-0.05, 0) is 45.0 Å². The molecule has 1 saturated heterocycles. The predicted octanol–water partition coefficient (Wildman–Crippen LogP) is 2.49. The Labute approximate surface area is 163 Å². The van der Waals surface area contributed by atoms with Crippen LogP contribution in [0.25, 0.3) is 0 Å². The Morgan fingerprint density at radius 2 is 1.48 bits per heavy atom. The lowest BCUT2D eigenvalue weighted by Gasteiger charge is -2.35. The Balaban J connectivity index is 1.91. The van der Waals surface area contributed by atoms with E-state index in [1.54, 1.807) is 19.0 Å². The topological polar surface area (TPSA) is 47.1 Å². The fraction of sp³-hybridized carbons (Fsp3) is 0.619. The molecular weight excluding hydrogens is 340 g/mol. The summed E-state index contributed by atoms with van der Waals surface area (Å²) in [5.74, 6) is 0.232. The summed E-state index contributed by atoms with van der Waals surface area (Å²) in [5, 5.41) is 0. The van der Waals surface area contributed by atoms with Crippen molar-refractivity contribution >= 4 is 11.9 Å². The van der Waals surface area contributed by atoms with E-state index >= 15 is 0 Å². The summed E-state index contributed by atoms with van der Waals surface area (Å²) >= 11 is 0. The highest BCUT2D eigenvalue weighted by molar-refractivity contribution is 5.79. The maximum Gasteiger partial charge on any atom is 0.319 e. The lowest BCUT2D eigenvalue weighted by molar-refractivity contribution is -0.137. The minimum atomic E-state index is 0.0178. The number of hydrogen-bond acceptors (Lipinski definition) is 3. The second-order valence-electron chi connectivity index (χ2n) is 7.85. The molecule has 150 valence electrons. The summed E-state index contributed by atoms with van der Waals surface area (Å²) in [5.41, 5.74) is 2.43. The van der Waals surface area contributed by atoms with Gasteiger partial charge < -0.3 is 19.6 Å². The van der Waals surface area contributed by atoms with E-state index < -0.39 is 0 Å². The van der Waals surface area contributed by atoms with Gasteiger partial charge in [-0.1, -0.05) is 24.3 Å². The van der Waals surface area contributed by atoms with Gasteiger partial charge in [-0.3, -0.25) is 4.79 Å². The van der Waals surface area contributed by atoms with Crippen LogP contribution in [0.2, 0.25) is 0 Å². The summed E-state index contributed by atoms with van der Waals surface area (Å²) in [6, 6.07) is 8.55. The zero-order valence-electron chi connectivity index (χ0n) is 17.4. The van der Waals surface area contributed by atoms with Crippen molar-refractivity contribution in [3.63, 3.8) is 0 Å². The zero-order chi connectivity index (χ0) is 20.0. The van der Waals surface area contributed by atoms with Crippen molar-refractivity contribution in [3.8, 4) is 0 Å². The number of likely N-dealkylation sites (tertiary alicyclic amines) is 1. The molecule has 1 heterocycles. The first-order valence-corrected chi connectivity index (χ1v) is 9.79. The maximum atomic E-state index is 13.0. The van der Waals surface area contributed by atoms with Crippen molar-refractivity contribution in [2.75, 3.05) is 47.8 Å². The van der Waals surface area contributed by atoms with Crippen LogP contribution in [0.5, 0.6) is 0 Å². The molecule has 2 rings (SSSR count). The van der Waals surface area contributed by atoms with Gasteiger partial charge in [0.1, 0.15) is 0 Å². The fourth-order valence-electron chi connectivity index (χ4n) is 3.54. The van der Waals surface area contributed by atoms with Gasteiger partial charge >= 0.3 is 6.03 Å². The Bertz CT molecular complexity index is 620. The average molecular weight is 375 g/mol. The van der Waals surface area contributed by atoms with Crippen LogP contribution < -0.4 is 0 Å². The van der Waals surface area contributed by atoms with Crippen LogP contribution in [0, 0.1) is 5.92 Å². The van der Waals surface area contributed by atoms with Gasteiger partial charge in [-0.2, -0.15) is 0 Å². The van der Waals surface area contributed by atoms with Crippen LogP contribution in [0.1, 0.15) is 30.9 Å². The molecule has 0 atom stereocenters. The number of urea groups is 1. The third-order valence-corrected chi connectivity index (χ3v) is 5.09. The quantitative estimate of drug-likeness (QED) is 0.769. The first-order valence-electron chi connectivity index (χ1n) is 9.79. The second-order valence-corrected chi connectivity index (χ2v) is 7.85. The van der Waals surface area contributed by atoms with E-state index in [9.17, 15) is 9.59 Å². The van der Waals surface area contributed by atoms with Gasteiger partial charge in [-0.25, -0.2) is 4.79 Å². The van der Waals surface area contributed by atoms with Crippen LogP contribution in [0.15, 0.2) is 24.3 Å². The first-order chi connectivity index (χ1) is 12.8. The van der Waals surface area contributed by atoms with Crippen LogP contribution in [0.3, 0.4) is 0 Å². The molecule has 1 aromatic rings. The molecule has 1 aliphatic rings. The summed E-state index contributed by atoms with van der Waals surface area (Å²) < 4.78 is 0. The van der Waals surface area contributed by atoms with Gasteiger partial charge in [-0.15, -0.1) is 0 Å². The van der Waals surface area contributed by atoms with E-state index in [-0.39, 0.29) is 17.9 Å². The monoisotopic (exact) mass is 374 g/mol. The lowest BCUT2D eigenvalue weighted by Crippen LogP contribution is -2.47. The van der Waals surface area contributed by atoms with Crippen molar-refractivity contribution < 1.29 is 9.59 Å². The van der Waals surface area contributed by atoms with Crippen LogP contribution in [-0.4, -0.2) is 79.4 Å². The summed E-state index contributed by atoms with van der Waals surface area (Å²) in [6.07, 6.45) is 1.49. The van der Waals surface area contributed by atoms with E-state index in [1.165, 1.54) is 5.56 Å². The number of carbonyl (C=O) groups excluding carboxylic acids is 2. The summed E-state index contributed by atoms with van der Waals surface area (Å²) in [6.45, 7) is 5.61. The third kappa shape index (κ3) is 5.96. The minimum Gasteiger partial charge on any atom is -0.338 e. The van der Waals surface area contributed by atoms with Gasteiger partial charge in [0, 0.05) is 52.7 Å². The highest BCUT2D eigenvalue weighted by Crippen LogP contribution is 2.21. The number of carbonyl (C=O) groups is 2. The molecule has 0 saturated carbocycles. The third-order valence-electron chi connectivity index (χ3n) is 5.09. The molecule has 0 aliphatic carbocycles. The molecule has 0 spiro atoms. The fourth-order valence-corrected chi connectivity index (χ4v) is 3.54. The van der Waals surface area contributed by atoms with Crippen molar-refractivity contribution in [2.24, 2.45) is 5.92 Å². The molecule has 1 aliphatic heterocycles. The number of rotatable bonds is 6. The van der Waals surface area contributed by atoms with Gasteiger partial charge in [0.2, 0.25) is 5.91 Å². The number of hydrogen-bond donors (Lipinski definition) is 0. The number of piperidine rings is 1. The SMILES string of the molecule is CCN(Cc1ccc(CN(C)C)cc1)C(=O)C1CCN(C(=O)N(C)C)CC1. The number of nitrogens with zero attached hydrogens (tertiary/aromatic N) is 4. The van der Waals surface area contributed by atoms with Crippen molar-refractivity contribution in [2.45, 2.75) is 32.9 Å². The molecule has 6 nitrogen and oxygen atoms in total. The van der Waals surface area contributed by atoms with Crippen LogP contribution >= 0.6 is 0 Å². The van der Waals surface area contributed by atoms with E-state index in [2.05, 4.69) is 43.3 Å². The van der Waals surface area contributed by atoms with Crippen LogP contribution in [0.4, 0.5) is 4.79 Å². The van der Waals surface area contributed by atoms with E-state index in [4.69, 9.17) is 0 Å². The number of amides is 3. The molecule has 0 radical (unpaired) electrons. The maximum absolute atomic E-state index is 13.0. The number of benzene rings is 1. The van der Waals surface area contributed by atoms with Crippen LogP contribution in [-0.2, 0) is 17.9 Å². The molecule has 27 heavy (non-hydrogen) atoms. The van der Waals surface area contributed by atoms with E-state index in [0.29, 0.717) is 26.2 Å². The Kier molecular flexibility index (Phi) is 7.66. The molecule has 0 unspecified atom stereocenters. The standard InChI is InChI=1S/C21H34N4O2/c1-6-24(16-18-9-7-17(8-10-18)15-22(2)3)20(26)19-11-13-25(14-12-19)21(27)23(4)5/h7-10,19H,6,11-16H2,1-5H3. The van der Waals surface area contributed by atoms with Gasteiger partial charge in [0.25, 0.3) is 0 Å². The first kappa shape index (κ1) is 21.2. The normalized spacial score (nSPS) is 15.1. The lowest BCUT2D eigenvalue weighted by atomic mass is 9.95. The molecule has 3 amide bonds. The van der Waals surface area contributed by atoms with Gasteiger partial charge in [0.05, 0.1) is 0 Å². The highest BCUT2D eigenvalue weighted by Gasteiger charge is 2.30. The molecule has 0 bridgehead atoms. The van der Waals surface area contributed by atoms with Gasteiger partial charge in [0.15, 0.2) is 0 Å². The van der Waals surface area contributed by atoms with Crippen molar-refractivity contribution in [1.29, 1.82) is 0 Å². The highest BCUT2D eigenvalue weighted by atomic mass is 16.2. The van der Waals surface area contributed by atoms with E-state index in [1.807, 2.05) is 16.7 Å². The molecule has 0 aromatic heterocycles. The van der Waals surface area contributed by atoms with Crippen molar-refractivity contribution in [3.05, 3.63) is 35.4 Å². The molecule has 1 fully saturated rings. The molecule has 6 heteroatoms. The summed E-state index contributed by atoms with van der Waals surface area (Å²) in [7, 11) is 7.65. The Morgan fingerprint density at radius 1 is 0.963 bits per heavy atom. The smallest absolute Gasteiger partial charge is 0.319 e. The predicted molar refractivity (Wildman–Crippen MR) is 108 cm³/mol. The largest absolute Gasteiger partial charge is 0.338 e. The van der Waals surface area contributed by atoms with E-state index in [0.717, 1.165) is 24.9 Å².